The second kappa shape index (κ2) is 5.01. The summed E-state index contributed by atoms with van der Waals surface area (Å²) in [4.78, 5) is 29.2. The van der Waals surface area contributed by atoms with Gasteiger partial charge in [0.1, 0.15) is 0 Å². The van der Waals surface area contributed by atoms with E-state index in [1.54, 1.807) is 17.4 Å². The zero-order valence-electron chi connectivity index (χ0n) is 10.3. The molecule has 1 aliphatic heterocycles. The quantitative estimate of drug-likeness (QED) is 0.914. The Bertz CT molecular complexity index is 613. The second-order valence-electron chi connectivity index (χ2n) is 4.61. The van der Waals surface area contributed by atoms with Gasteiger partial charge >= 0.3 is 0 Å². The molecule has 1 saturated heterocycles. The Morgan fingerprint density at radius 3 is 2.95 bits per heavy atom. The van der Waals surface area contributed by atoms with E-state index in [2.05, 4.69) is 11.1 Å². The molecule has 1 N–H and O–H groups in total. The fourth-order valence-electron chi connectivity index (χ4n) is 2.50. The third kappa shape index (κ3) is 2.33. The van der Waals surface area contributed by atoms with Gasteiger partial charge in [-0.05, 0) is 30.4 Å². The zero-order valence-corrected chi connectivity index (χ0v) is 11.2. The molecule has 98 valence electrons. The molecular weight excluding hydrogens is 260 g/mol. The average molecular weight is 274 g/mol. The van der Waals surface area contributed by atoms with E-state index in [-0.39, 0.29) is 17.5 Å². The molecule has 0 spiro atoms. The molecule has 2 aromatic rings. The number of aromatic amines is 1. The van der Waals surface area contributed by atoms with Crippen molar-refractivity contribution in [2.45, 2.75) is 18.9 Å². The summed E-state index contributed by atoms with van der Waals surface area (Å²) in [7, 11) is 0. The van der Waals surface area contributed by atoms with E-state index in [1.165, 1.54) is 17.1 Å². The smallest absolute Gasteiger partial charge is 0.255 e. The van der Waals surface area contributed by atoms with Gasteiger partial charge in [0.2, 0.25) is 5.56 Å². The lowest BCUT2D eigenvalue weighted by Gasteiger charge is -2.23. The number of carbonyl (C=O) groups excluding carboxylic acids is 1. The number of rotatable bonds is 2. The van der Waals surface area contributed by atoms with Gasteiger partial charge in [0.05, 0.1) is 11.6 Å². The van der Waals surface area contributed by atoms with Gasteiger partial charge < -0.3 is 9.88 Å². The van der Waals surface area contributed by atoms with E-state index in [0.29, 0.717) is 5.56 Å². The van der Waals surface area contributed by atoms with Crippen LogP contribution in [0.2, 0.25) is 0 Å². The molecule has 1 aliphatic rings. The first-order chi connectivity index (χ1) is 9.25. The topological polar surface area (TPSA) is 53.2 Å². The Morgan fingerprint density at radius 2 is 2.26 bits per heavy atom. The van der Waals surface area contributed by atoms with Crippen molar-refractivity contribution in [2.24, 2.45) is 0 Å². The first kappa shape index (κ1) is 12.2. The summed E-state index contributed by atoms with van der Waals surface area (Å²) in [5.41, 5.74) is 0.357. The highest BCUT2D eigenvalue weighted by Gasteiger charge is 2.31. The molecule has 3 heterocycles. The first-order valence-corrected chi connectivity index (χ1v) is 7.17. The van der Waals surface area contributed by atoms with Gasteiger partial charge in [-0.2, -0.15) is 0 Å². The van der Waals surface area contributed by atoms with Crippen LogP contribution in [0.5, 0.6) is 0 Å². The molecule has 0 bridgehead atoms. The molecule has 4 nitrogen and oxygen atoms in total. The summed E-state index contributed by atoms with van der Waals surface area (Å²) in [5, 5.41) is 2.04. The van der Waals surface area contributed by atoms with Gasteiger partial charge in [-0.25, -0.2) is 0 Å². The van der Waals surface area contributed by atoms with Crippen molar-refractivity contribution in [3.05, 3.63) is 56.6 Å². The van der Waals surface area contributed by atoms with Crippen LogP contribution in [0.25, 0.3) is 0 Å². The average Bonchev–Trinajstić information content (AvgIpc) is 3.09. The van der Waals surface area contributed by atoms with Crippen molar-refractivity contribution in [2.75, 3.05) is 6.54 Å². The summed E-state index contributed by atoms with van der Waals surface area (Å²) in [6.45, 7) is 0.778. The first-order valence-electron chi connectivity index (χ1n) is 6.29. The monoisotopic (exact) mass is 274 g/mol. The Hall–Kier alpha value is -1.88. The minimum atomic E-state index is -0.187. The van der Waals surface area contributed by atoms with Crippen LogP contribution in [-0.4, -0.2) is 22.3 Å². The number of H-pyrrole nitrogens is 1. The molecule has 3 rings (SSSR count). The summed E-state index contributed by atoms with van der Waals surface area (Å²) >= 11 is 1.69. The number of amides is 1. The summed E-state index contributed by atoms with van der Waals surface area (Å²) in [6.07, 6.45) is 3.53. The number of hydrogen-bond donors (Lipinski definition) is 1. The van der Waals surface area contributed by atoms with Crippen molar-refractivity contribution in [1.29, 1.82) is 0 Å². The fraction of sp³-hybridized carbons (Fsp3) is 0.286. The number of pyridine rings is 1. The van der Waals surface area contributed by atoms with Crippen molar-refractivity contribution in [1.82, 2.24) is 9.88 Å². The van der Waals surface area contributed by atoms with Gasteiger partial charge in [0, 0.05) is 23.7 Å². The third-order valence-corrected chi connectivity index (χ3v) is 4.39. The molecule has 0 unspecified atom stereocenters. The molecule has 19 heavy (non-hydrogen) atoms. The highest BCUT2D eigenvalue weighted by Crippen LogP contribution is 2.35. The van der Waals surface area contributed by atoms with Crippen molar-refractivity contribution < 1.29 is 4.79 Å². The number of carbonyl (C=O) groups is 1. The standard InChI is InChI=1S/C14H14N2O2S/c17-13-6-5-10(9-15-13)14(18)16-7-1-3-11(16)12-4-2-8-19-12/h2,4-6,8-9,11H,1,3,7H2,(H,15,17)/t11-/m1/s1. The molecule has 1 fully saturated rings. The van der Waals surface area contributed by atoms with Gasteiger partial charge in [0.15, 0.2) is 0 Å². The lowest BCUT2D eigenvalue weighted by Crippen LogP contribution is -2.30. The molecule has 0 aliphatic carbocycles. The van der Waals surface area contributed by atoms with Crippen molar-refractivity contribution in [3.8, 4) is 0 Å². The highest BCUT2D eigenvalue weighted by atomic mass is 32.1. The van der Waals surface area contributed by atoms with E-state index < -0.39 is 0 Å². The molecule has 0 radical (unpaired) electrons. The van der Waals surface area contributed by atoms with Gasteiger partial charge in [-0.15, -0.1) is 11.3 Å². The van der Waals surface area contributed by atoms with Crippen LogP contribution in [0.3, 0.4) is 0 Å². The molecular formula is C14H14N2O2S. The van der Waals surface area contributed by atoms with E-state index >= 15 is 0 Å². The predicted octanol–water partition coefficient (Wildman–Crippen LogP) is 2.41. The number of nitrogens with one attached hydrogen (secondary N) is 1. The lowest BCUT2D eigenvalue weighted by atomic mass is 10.1. The summed E-state index contributed by atoms with van der Waals surface area (Å²) in [6, 6.07) is 7.25. The normalized spacial score (nSPS) is 18.7. The Labute approximate surface area is 114 Å². The van der Waals surface area contributed by atoms with Crippen molar-refractivity contribution in [3.63, 3.8) is 0 Å². The molecule has 5 heteroatoms. The fourth-order valence-corrected chi connectivity index (χ4v) is 3.37. The highest BCUT2D eigenvalue weighted by molar-refractivity contribution is 7.10. The number of hydrogen-bond acceptors (Lipinski definition) is 3. The van der Waals surface area contributed by atoms with Crippen LogP contribution in [0.1, 0.15) is 34.1 Å². The summed E-state index contributed by atoms with van der Waals surface area (Å²) in [5.74, 6) is -0.00727. The van der Waals surface area contributed by atoms with Crippen molar-refractivity contribution >= 4 is 17.2 Å². The van der Waals surface area contributed by atoms with Gasteiger partial charge in [-0.1, -0.05) is 6.07 Å². The lowest BCUT2D eigenvalue weighted by molar-refractivity contribution is 0.0737. The molecule has 1 atom stereocenters. The van der Waals surface area contributed by atoms with Crippen LogP contribution in [0, 0.1) is 0 Å². The molecule has 0 aromatic carbocycles. The molecule has 1 amide bonds. The number of likely N-dealkylation sites (tertiary alicyclic amines) is 1. The van der Waals surface area contributed by atoms with E-state index in [0.717, 1.165) is 19.4 Å². The Balaban J connectivity index is 1.86. The van der Waals surface area contributed by atoms with Crippen LogP contribution in [-0.2, 0) is 0 Å². The SMILES string of the molecule is O=C(c1ccc(=O)[nH]c1)N1CCC[C@@H]1c1cccs1. The number of aromatic nitrogens is 1. The van der Waals surface area contributed by atoms with Crippen LogP contribution in [0.15, 0.2) is 40.6 Å². The maximum absolute atomic E-state index is 12.5. The molecule has 0 saturated carbocycles. The van der Waals surface area contributed by atoms with Gasteiger partial charge in [-0.3, -0.25) is 9.59 Å². The third-order valence-electron chi connectivity index (χ3n) is 3.42. The maximum Gasteiger partial charge on any atom is 0.255 e. The van der Waals surface area contributed by atoms with E-state index in [4.69, 9.17) is 0 Å². The Morgan fingerprint density at radius 1 is 1.37 bits per heavy atom. The minimum Gasteiger partial charge on any atom is -0.331 e. The Kier molecular flexibility index (Phi) is 3.21. The number of nitrogens with zero attached hydrogens (tertiary/aromatic N) is 1. The van der Waals surface area contributed by atoms with Crippen LogP contribution < -0.4 is 5.56 Å². The van der Waals surface area contributed by atoms with E-state index in [1.807, 2.05) is 16.3 Å². The van der Waals surface area contributed by atoms with E-state index in [9.17, 15) is 9.59 Å². The summed E-state index contributed by atoms with van der Waals surface area (Å²) < 4.78 is 0. The predicted molar refractivity (Wildman–Crippen MR) is 74.4 cm³/mol. The minimum absolute atomic E-state index is 0.00727. The zero-order chi connectivity index (χ0) is 13.2. The largest absolute Gasteiger partial charge is 0.331 e. The van der Waals surface area contributed by atoms with Crippen LogP contribution in [0.4, 0.5) is 0 Å². The second-order valence-corrected chi connectivity index (χ2v) is 5.59. The van der Waals surface area contributed by atoms with Crippen LogP contribution >= 0.6 is 11.3 Å². The molecule has 2 aromatic heterocycles. The van der Waals surface area contributed by atoms with Gasteiger partial charge in [0.25, 0.3) is 5.91 Å². The number of thiophene rings is 1. The maximum atomic E-state index is 12.5.